The lowest BCUT2D eigenvalue weighted by atomic mass is 9.95. The van der Waals surface area contributed by atoms with Crippen molar-refractivity contribution in [2.24, 2.45) is 0 Å². The molecule has 0 atom stereocenters. The summed E-state index contributed by atoms with van der Waals surface area (Å²) in [4.78, 5) is 15.9. The summed E-state index contributed by atoms with van der Waals surface area (Å²) in [7, 11) is 0. The highest BCUT2D eigenvalue weighted by Gasteiger charge is 2.22. The van der Waals surface area contributed by atoms with Crippen LogP contribution in [0.3, 0.4) is 0 Å². The number of aromatic nitrogens is 4. The minimum atomic E-state index is 0.636. The van der Waals surface area contributed by atoms with E-state index in [0.717, 1.165) is 33.4 Å². The van der Waals surface area contributed by atoms with E-state index in [-0.39, 0.29) is 0 Å². The van der Waals surface area contributed by atoms with Crippen LogP contribution in [0.2, 0.25) is 0 Å². The molecule has 56 heavy (non-hydrogen) atoms. The smallest absolute Gasteiger partial charge is 0.164 e. The minimum absolute atomic E-state index is 0.636. The second-order valence-electron chi connectivity index (χ2n) is 14.4. The zero-order valence-electron chi connectivity index (χ0n) is 30.0. The quantitative estimate of drug-likeness (QED) is 0.169. The Morgan fingerprint density at radius 1 is 0.375 bits per heavy atom. The van der Waals surface area contributed by atoms with Gasteiger partial charge >= 0.3 is 0 Å². The molecule has 5 heteroatoms. The van der Waals surface area contributed by atoms with Crippen molar-refractivity contribution in [3.8, 4) is 39.9 Å². The molecule has 0 spiro atoms. The lowest BCUT2D eigenvalue weighted by Gasteiger charge is -2.13. The molecule has 3 heterocycles. The average molecular weight is 731 g/mol. The van der Waals surface area contributed by atoms with Crippen LogP contribution in [0.5, 0.6) is 0 Å². The summed E-state index contributed by atoms with van der Waals surface area (Å²) in [5, 5.41) is 12.2. The minimum Gasteiger partial charge on any atom is -0.309 e. The van der Waals surface area contributed by atoms with Gasteiger partial charge in [0.15, 0.2) is 17.5 Å². The Morgan fingerprint density at radius 2 is 1.00 bits per heavy atom. The van der Waals surface area contributed by atoms with E-state index in [1.807, 2.05) is 29.5 Å². The van der Waals surface area contributed by atoms with Gasteiger partial charge in [0.05, 0.1) is 11.0 Å². The average Bonchev–Trinajstić information content (AvgIpc) is 3.80. The van der Waals surface area contributed by atoms with Gasteiger partial charge in [-0.1, -0.05) is 140 Å². The van der Waals surface area contributed by atoms with Gasteiger partial charge in [-0.3, -0.25) is 0 Å². The summed E-state index contributed by atoms with van der Waals surface area (Å²) >= 11 is 1.86. The molecule has 12 rings (SSSR count). The van der Waals surface area contributed by atoms with Crippen LogP contribution in [0.15, 0.2) is 182 Å². The van der Waals surface area contributed by atoms with Crippen molar-refractivity contribution in [2.75, 3.05) is 0 Å². The summed E-state index contributed by atoms with van der Waals surface area (Å²) in [5.41, 5.74) is 6.26. The number of fused-ring (bicyclic) bond motifs is 11. The van der Waals surface area contributed by atoms with Gasteiger partial charge in [0.2, 0.25) is 0 Å². The molecule has 0 amide bonds. The van der Waals surface area contributed by atoms with Gasteiger partial charge in [0.25, 0.3) is 0 Å². The molecule has 3 aromatic heterocycles. The first-order valence-electron chi connectivity index (χ1n) is 18.9. The van der Waals surface area contributed by atoms with E-state index in [1.165, 1.54) is 63.3 Å². The monoisotopic (exact) mass is 730 g/mol. The maximum atomic E-state index is 5.40. The third-order valence-electron chi connectivity index (χ3n) is 11.2. The highest BCUT2D eigenvalue weighted by atomic mass is 32.1. The Hall–Kier alpha value is -7.21. The van der Waals surface area contributed by atoms with Crippen LogP contribution in [0.1, 0.15) is 0 Å². The zero-order chi connectivity index (χ0) is 36.7. The number of thiophene rings is 1. The fourth-order valence-corrected chi connectivity index (χ4v) is 9.93. The zero-order valence-corrected chi connectivity index (χ0v) is 30.8. The highest BCUT2D eigenvalue weighted by Crippen LogP contribution is 2.47. The molecule has 0 aliphatic heterocycles. The van der Waals surface area contributed by atoms with Crippen LogP contribution in [0.25, 0.3) is 114 Å². The van der Waals surface area contributed by atoms with E-state index >= 15 is 0 Å². The number of hydrogen-bond donors (Lipinski definition) is 0. The van der Waals surface area contributed by atoms with E-state index in [0.29, 0.717) is 17.5 Å². The van der Waals surface area contributed by atoms with Gasteiger partial charge in [-0.2, -0.15) is 0 Å². The van der Waals surface area contributed by atoms with Crippen molar-refractivity contribution < 1.29 is 0 Å². The molecule has 0 saturated carbocycles. The summed E-state index contributed by atoms with van der Waals surface area (Å²) < 4.78 is 4.83. The fourth-order valence-electron chi connectivity index (χ4n) is 8.60. The molecule has 9 aromatic carbocycles. The number of para-hydroxylation sites is 2. The second-order valence-corrected chi connectivity index (χ2v) is 15.5. The van der Waals surface area contributed by atoms with E-state index in [9.17, 15) is 0 Å². The second kappa shape index (κ2) is 12.2. The van der Waals surface area contributed by atoms with Crippen molar-refractivity contribution in [3.05, 3.63) is 182 Å². The summed E-state index contributed by atoms with van der Waals surface area (Å²) in [5.74, 6) is 1.94. The van der Waals surface area contributed by atoms with E-state index < -0.39 is 0 Å². The first-order valence-corrected chi connectivity index (χ1v) is 19.7. The van der Waals surface area contributed by atoms with E-state index in [4.69, 9.17) is 15.0 Å². The van der Waals surface area contributed by atoms with Crippen LogP contribution >= 0.6 is 11.3 Å². The number of hydrogen-bond acceptors (Lipinski definition) is 4. The van der Waals surface area contributed by atoms with Crippen LogP contribution in [0.4, 0.5) is 0 Å². The van der Waals surface area contributed by atoms with Crippen molar-refractivity contribution in [3.63, 3.8) is 0 Å². The lowest BCUT2D eigenvalue weighted by Crippen LogP contribution is -2.01. The highest BCUT2D eigenvalue weighted by molar-refractivity contribution is 7.27. The Balaban J connectivity index is 1.18. The molecule has 12 aromatic rings. The van der Waals surface area contributed by atoms with Crippen LogP contribution in [-0.4, -0.2) is 19.5 Å². The molecule has 0 bridgehead atoms. The summed E-state index contributed by atoms with van der Waals surface area (Å²) in [6.07, 6.45) is 0. The maximum absolute atomic E-state index is 5.40. The van der Waals surface area contributed by atoms with Crippen LogP contribution < -0.4 is 0 Å². The topological polar surface area (TPSA) is 43.6 Å². The van der Waals surface area contributed by atoms with Gasteiger partial charge in [0.1, 0.15) is 0 Å². The Kier molecular flexibility index (Phi) is 6.76. The van der Waals surface area contributed by atoms with Crippen molar-refractivity contribution >= 4 is 85.6 Å². The number of nitrogens with zero attached hydrogens (tertiary/aromatic N) is 4. The third-order valence-corrected chi connectivity index (χ3v) is 12.3. The van der Waals surface area contributed by atoms with Crippen molar-refractivity contribution in [1.82, 2.24) is 19.5 Å². The molecule has 0 saturated heterocycles. The van der Waals surface area contributed by atoms with E-state index in [2.05, 4.69) is 168 Å². The molecule has 0 aliphatic carbocycles. The summed E-state index contributed by atoms with van der Waals surface area (Å²) in [6, 6.07) is 64.9. The first-order chi connectivity index (χ1) is 27.7. The molecule has 0 fully saturated rings. The van der Waals surface area contributed by atoms with Crippen LogP contribution in [0, 0.1) is 0 Å². The molecular formula is C51H30N4S. The van der Waals surface area contributed by atoms with Gasteiger partial charge in [-0.25, -0.2) is 15.0 Å². The molecule has 0 aliphatic rings. The molecule has 0 N–H and O–H groups in total. The largest absolute Gasteiger partial charge is 0.309 e. The SMILES string of the molecule is c1ccc(-c2nc(-c3ccc4c5ccccc5n(-c5ccccc5)c4c3)nc(-c3cc4ccc5ccccc5c4c4sc5cc6ccccc6cc5c34)n2)cc1. The Bertz CT molecular complexity index is 3530. The number of benzene rings is 9. The fraction of sp³-hybridized carbons (Fsp3) is 0. The maximum Gasteiger partial charge on any atom is 0.164 e. The van der Waals surface area contributed by atoms with Crippen LogP contribution in [-0.2, 0) is 0 Å². The molecule has 260 valence electrons. The Labute approximate surface area is 325 Å². The predicted octanol–water partition coefficient (Wildman–Crippen LogP) is 13.8. The van der Waals surface area contributed by atoms with Crippen molar-refractivity contribution in [2.45, 2.75) is 0 Å². The number of rotatable bonds is 4. The third kappa shape index (κ3) is 4.75. The lowest BCUT2D eigenvalue weighted by molar-refractivity contribution is 1.08. The summed E-state index contributed by atoms with van der Waals surface area (Å²) in [6.45, 7) is 0. The Morgan fingerprint density at radius 3 is 1.82 bits per heavy atom. The standard InChI is InChI=1S/C51H30N4S/c1-3-14-32(15-4-1)49-52-50(36-25-26-40-39-21-11-12-22-43(39)55(44(40)29-36)37-18-5-2-6-19-37)54-51(53-49)42-28-35-24-23-31-13-9-10-20-38(31)46(35)48-47(42)41-27-33-16-7-8-17-34(33)30-45(41)56-48/h1-30H. The molecule has 4 nitrogen and oxygen atoms in total. The first kappa shape index (κ1) is 31.2. The van der Waals surface area contributed by atoms with Crippen molar-refractivity contribution in [1.29, 1.82) is 0 Å². The molecule has 0 radical (unpaired) electrons. The van der Waals surface area contributed by atoms with Gasteiger partial charge in [0, 0.05) is 58.7 Å². The predicted molar refractivity (Wildman–Crippen MR) is 236 cm³/mol. The van der Waals surface area contributed by atoms with E-state index in [1.54, 1.807) is 0 Å². The van der Waals surface area contributed by atoms with Gasteiger partial charge < -0.3 is 4.57 Å². The van der Waals surface area contributed by atoms with Gasteiger partial charge in [-0.15, -0.1) is 11.3 Å². The molecule has 0 unspecified atom stereocenters. The normalized spacial score (nSPS) is 11.9. The van der Waals surface area contributed by atoms with Gasteiger partial charge in [-0.05, 0) is 69.4 Å². The molecular weight excluding hydrogens is 701 g/mol.